The van der Waals surface area contributed by atoms with Gasteiger partial charge in [0.1, 0.15) is 0 Å². The molecule has 0 amide bonds. The zero-order valence-electron chi connectivity index (χ0n) is 13.0. The quantitative estimate of drug-likeness (QED) is 0.391. The number of nitriles is 1. The summed E-state index contributed by atoms with van der Waals surface area (Å²) in [5.74, 6) is 0.549. The van der Waals surface area contributed by atoms with Crippen LogP contribution in [0.4, 0.5) is 5.69 Å². The summed E-state index contributed by atoms with van der Waals surface area (Å²) in [4.78, 5) is 10.0. The summed E-state index contributed by atoms with van der Waals surface area (Å²) in [6, 6.07) is 11.0. The van der Waals surface area contributed by atoms with Gasteiger partial charge in [0, 0.05) is 6.07 Å². The summed E-state index contributed by atoms with van der Waals surface area (Å²) in [6.07, 6.45) is 1.52. The topological polar surface area (TPSA) is 106 Å². The summed E-state index contributed by atoms with van der Waals surface area (Å²) in [6.45, 7) is 0. The lowest BCUT2D eigenvalue weighted by Crippen LogP contribution is -1.92. The fraction of sp³-hybridized carbons (Fsp3) is 0.118. The fourth-order valence-electron chi connectivity index (χ4n) is 2.14. The number of nitro groups is 1. The number of ether oxygens (including phenoxy) is 2. The molecule has 2 aromatic carbocycles. The van der Waals surface area contributed by atoms with Crippen molar-refractivity contribution >= 4 is 17.3 Å². The highest BCUT2D eigenvalue weighted by molar-refractivity contribution is 5.90. The molecule has 0 saturated carbocycles. The van der Waals surface area contributed by atoms with Crippen molar-refractivity contribution < 1.29 is 19.5 Å². The van der Waals surface area contributed by atoms with Crippen LogP contribution >= 0.6 is 0 Å². The monoisotopic (exact) mass is 326 g/mol. The molecule has 0 saturated heterocycles. The number of hydrogen-bond donors (Lipinski definition) is 1. The van der Waals surface area contributed by atoms with Crippen LogP contribution < -0.4 is 9.47 Å². The molecule has 122 valence electrons. The summed E-state index contributed by atoms with van der Waals surface area (Å²) < 4.78 is 10.4. The Morgan fingerprint density at radius 3 is 2.46 bits per heavy atom. The zero-order valence-corrected chi connectivity index (χ0v) is 13.0. The lowest BCUT2D eigenvalue weighted by Gasteiger charge is -2.09. The molecule has 0 aromatic heterocycles. The van der Waals surface area contributed by atoms with Crippen molar-refractivity contribution in [3.63, 3.8) is 0 Å². The van der Waals surface area contributed by atoms with Crippen LogP contribution in [0.15, 0.2) is 36.4 Å². The second kappa shape index (κ2) is 7.15. The van der Waals surface area contributed by atoms with Crippen molar-refractivity contribution in [2.24, 2.45) is 0 Å². The van der Waals surface area contributed by atoms with E-state index in [1.807, 2.05) is 0 Å². The molecule has 0 radical (unpaired) electrons. The third-order valence-electron chi connectivity index (χ3n) is 3.32. The van der Waals surface area contributed by atoms with Gasteiger partial charge in [0.05, 0.1) is 30.8 Å². The number of rotatable bonds is 5. The molecule has 0 fully saturated rings. The van der Waals surface area contributed by atoms with E-state index in [1.165, 1.54) is 38.5 Å². The minimum absolute atomic E-state index is 0.309. The Hall–Kier alpha value is -3.53. The first-order valence-corrected chi connectivity index (χ1v) is 6.81. The van der Waals surface area contributed by atoms with Crippen LogP contribution in [0.3, 0.4) is 0 Å². The van der Waals surface area contributed by atoms with Gasteiger partial charge in [-0.15, -0.1) is 0 Å². The minimum atomic E-state index is -0.678. The van der Waals surface area contributed by atoms with Crippen LogP contribution in [0.5, 0.6) is 17.2 Å². The molecular formula is C17H14N2O5. The Balaban J connectivity index is 2.45. The lowest BCUT2D eigenvalue weighted by atomic mass is 10.0. The zero-order chi connectivity index (χ0) is 17.7. The standard InChI is InChI=1S/C17H14N2O5/c1-23-16-6-4-12(9-17(16)24-2)13(10-18)7-11-3-5-14(19(21)22)15(20)8-11/h3-9,20H,1-2H3. The van der Waals surface area contributed by atoms with Gasteiger partial charge in [-0.1, -0.05) is 0 Å². The SMILES string of the molecule is COc1ccc(C(C#N)=Cc2ccc([N+](=O)[O-])c(O)c2)cc1OC. The average molecular weight is 326 g/mol. The van der Waals surface area contributed by atoms with Gasteiger partial charge in [-0.25, -0.2) is 0 Å². The normalized spacial score (nSPS) is 10.8. The number of phenols is 1. The number of hydrogen-bond acceptors (Lipinski definition) is 6. The fourth-order valence-corrected chi connectivity index (χ4v) is 2.14. The summed E-state index contributed by atoms with van der Waals surface area (Å²) in [5, 5.41) is 29.8. The van der Waals surface area contributed by atoms with Gasteiger partial charge in [-0.2, -0.15) is 5.26 Å². The third kappa shape index (κ3) is 3.44. The largest absolute Gasteiger partial charge is 0.502 e. The van der Waals surface area contributed by atoms with Crippen molar-refractivity contribution in [1.29, 1.82) is 5.26 Å². The molecule has 7 heteroatoms. The highest BCUT2D eigenvalue weighted by Crippen LogP contribution is 2.32. The highest BCUT2D eigenvalue weighted by atomic mass is 16.6. The Morgan fingerprint density at radius 2 is 1.92 bits per heavy atom. The molecule has 0 bridgehead atoms. The number of aromatic hydroxyl groups is 1. The molecule has 0 unspecified atom stereocenters. The molecule has 24 heavy (non-hydrogen) atoms. The smallest absolute Gasteiger partial charge is 0.310 e. The first-order chi connectivity index (χ1) is 11.5. The van der Waals surface area contributed by atoms with Crippen molar-refractivity contribution in [1.82, 2.24) is 0 Å². The van der Waals surface area contributed by atoms with E-state index in [2.05, 4.69) is 6.07 Å². The van der Waals surface area contributed by atoms with E-state index in [1.54, 1.807) is 18.2 Å². The van der Waals surface area contributed by atoms with Gasteiger partial charge in [-0.3, -0.25) is 10.1 Å². The molecule has 0 aliphatic heterocycles. The molecule has 0 aliphatic carbocycles. The first-order valence-electron chi connectivity index (χ1n) is 6.81. The maximum atomic E-state index is 10.7. The van der Waals surface area contributed by atoms with Crippen molar-refractivity contribution in [2.75, 3.05) is 14.2 Å². The molecular weight excluding hydrogens is 312 g/mol. The Bertz CT molecular complexity index is 853. The Morgan fingerprint density at radius 1 is 1.21 bits per heavy atom. The number of methoxy groups -OCH3 is 2. The first kappa shape index (κ1) is 16.8. The van der Waals surface area contributed by atoms with E-state index in [0.717, 1.165) is 0 Å². The maximum absolute atomic E-state index is 10.7. The molecule has 2 aromatic rings. The maximum Gasteiger partial charge on any atom is 0.310 e. The van der Waals surface area contributed by atoms with Crippen LogP contribution in [0.1, 0.15) is 11.1 Å². The van der Waals surface area contributed by atoms with Gasteiger partial charge >= 0.3 is 5.69 Å². The molecule has 0 aliphatic rings. The Kier molecular flexibility index (Phi) is 5.02. The van der Waals surface area contributed by atoms with Crippen LogP contribution in [-0.2, 0) is 0 Å². The van der Waals surface area contributed by atoms with Gasteiger partial charge in [0.15, 0.2) is 17.2 Å². The van der Waals surface area contributed by atoms with E-state index >= 15 is 0 Å². The minimum Gasteiger partial charge on any atom is -0.502 e. The lowest BCUT2D eigenvalue weighted by molar-refractivity contribution is -0.385. The van der Waals surface area contributed by atoms with Gasteiger partial charge in [0.2, 0.25) is 0 Å². The molecule has 1 N–H and O–H groups in total. The number of allylic oxidation sites excluding steroid dienone is 1. The van der Waals surface area contributed by atoms with E-state index in [9.17, 15) is 20.5 Å². The number of phenolic OH excluding ortho intramolecular Hbond substituents is 1. The van der Waals surface area contributed by atoms with Crippen molar-refractivity contribution in [3.8, 4) is 23.3 Å². The molecule has 0 spiro atoms. The average Bonchev–Trinajstić information content (AvgIpc) is 2.58. The third-order valence-corrected chi connectivity index (χ3v) is 3.32. The molecule has 7 nitrogen and oxygen atoms in total. The van der Waals surface area contributed by atoms with Gasteiger partial charge in [0.25, 0.3) is 0 Å². The molecule has 0 heterocycles. The second-order valence-corrected chi connectivity index (χ2v) is 4.74. The second-order valence-electron chi connectivity index (χ2n) is 4.74. The number of nitro benzene ring substituents is 1. The van der Waals surface area contributed by atoms with Crippen LogP contribution in [0, 0.1) is 21.4 Å². The van der Waals surface area contributed by atoms with E-state index in [4.69, 9.17) is 9.47 Å². The predicted octanol–water partition coefficient (Wildman–Crippen LogP) is 3.38. The number of nitrogens with zero attached hydrogens (tertiary/aromatic N) is 2. The van der Waals surface area contributed by atoms with Gasteiger partial charge < -0.3 is 14.6 Å². The summed E-state index contributed by atoms with van der Waals surface area (Å²) >= 11 is 0. The predicted molar refractivity (Wildman–Crippen MR) is 87.8 cm³/mol. The van der Waals surface area contributed by atoms with E-state index in [-0.39, 0.29) is 0 Å². The van der Waals surface area contributed by atoms with Crippen molar-refractivity contribution in [3.05, 3.63) is 57.6 Å². The van der Waals surface area contributed by atoms with Crippen molar-refractivity contribution in [2.45, 2.75) is 0 Å². The van der Waals surface area contributed by atoms with Gasteiger partial charge in [-0.05, 0) is 47.5 Å². The van der Waals surface area contributed by atoms with E-state index < -0.39 is 16.4 Å². The van der Waals surface area contributed by atoms with Crippen LogP contribution in [-0.4, -0.2) is 24.2 Å². The molecule has 2 rings (SSSR count). The summed E-state index contributed by atoms with van der Waals surface area (Å²) in [5.41, 5.74) is 0.971. The highest BCUT2D eigenvalue weighted by Gasteiger charge is 2.13. The molecule has 0 atom stereocenters. The Labute approximate surface area is 138 Å². The van der Waals surface area contributed by atoms with Crippen LogP contribution in [0.25, 0.3) is 11.6 Å². The van der Waals surface area contributed by atoms with E-state index in [0.29, 0.717) is 28.2 Å². The summed E-state index contributed by atoms with van der Waals surface area (Å²) in [7, 11) is 3.00. The van der Waals surface area contributed by atoms with Crippen LogP contribution in [0.2, 0.25) is 0 Å². The number of benzene rings is 2.